The number of nitrogens with one attached hydrogen (secondary N) is 1. The number of hydrogen-bond donors (Lipinski definition) is 3. The summed E-state index contributed by atoms with van der Waals surface area (Å²) in [7, 11) is 0. The quantitative estimate of drug-likeness (QED) is 0.791. The number of fused-ring (bicyclic) bond motifs is 1. The second-order valence-corrected chi connectivity index (χ2v) is 4.89. The number of aliphatic carboxylic acids is 1. The Hall–Kier alpha value is -1.39. The lowest BCUT2D eigenvalue weighted by Crippen LogP contribution is -2.39. The zero-order valence-electron chi connectivity index (χ0n) is 12.5. The average molecular weight is 279 g/mol. The fraction of sp³-hybridized carbons (Fsp3) is 0.562. The van der Waals surface area contributed by atoms with Gasteiger partial charge in [-0.25, -0.2) is 0 Å². The zero-order valence-corrected chi connectivity index (χ0v) is 12.5. The van der Waals surface area contributed by atoms with Gasteiger partial charge >= 0.3 is 5.97 Å². The van der Waals surface area contributed by atoms with Gasteiger partial charge in [0.15, 0.2) is 0 Å². The monoisotopic (exact) mass is 279 g/mol. The molecule has 0 aliphatic heterocycles. The van der Waals surface area contributed by atoms with Crippen molar-refractivity contribution < 1.29 is 15.0 Å². The summed E-state index contributed by atoms with van der Waals surface area (Å²) in [4.78, 5) is 10.5. The van der Waals surface area contributed by atoms with E-state index in [0.29, 0.717) is 6.54 Å². The molecule has 2 atom stereocenters. The average Bonchev–Trinajstić information content (AvgIpc) is 2.43. The van der Waals surface area contributed by atoms with E-state index in [-0.39, 0.29) is 12.5 Å². The van der Waals surface area contributed by atoms with E-state index in [1.54, 1.807) is 0 Å². The number of carboxylic acids is 1. The third kappa shape index (κ3) is 4.32. The van der Waals surface area contributed by atoms with Gasteiger partial charge in [0, 0.05) is 12.6 Å². The molecule has 1 aromatic rings. The predicted octanol–water partition coefficient (Wildman–Crippen LogP) is 2.43. The van der Waals surface area contributed by atoms with Crippen LogP contribution in [0.1, 0.15) is 49.5 Å². The van der Waals surface area contributed by atoms with Gasteiger partial charge in [0.1, 0.15) is 0 Å². The van der Waals surface area contributed by atoms with E-state index in [0.717, 1.165) is 18.4 Å². The Bertz CT molecular complexity index is 445. The highest BCUT2D eigenvalue weighted by atomic mass is 16.4. The van der Waals surface area contributed by atoms with E-state index in [1.807, 2.05) is 32.9 Å². The molecule has 1 aliphatic carbocycles. The molecule has 0 spiro atoms. The number of rotatable bonds is 4. The van der Waals surface area contributed by atoms with E-state index in [9.17, 15) is 9.90 Å². The highest BCUT2D eigenvalue weighted by Crippen LogP contribution is 2.30. The number of carboxylic acid groups (broad SMARTS) is 1. The summed E-state index contributed by atoms with van der Waals surface area (Å²) >= 11 is 0. The molecule has 2 rings (SSSR count). The summed E-state index contributed by atoms with van der Waals surface area (Å²) in [6.45, 7) is 6.45. The largest absolute Gasteiger partial charge is 0.481 e. The lowest BCUT2D eigenvalue weighted by atomic mass is 9.85. The Labute approximate surface area is 120 Å². The van der Waals surface area contributed by atoms with Gasteiger partial charge in [0.2, 0.25) is 0 Å². The molecule has 2 unspecified atom stereocenters. The number of hydrogen-bond acceptors (Lipinski definition) is 3. The predicted molar refractivity (Wildman–Crippen MR) is 79.9 cm³/mol. The molecular formula is C16H25NO3. The summed E-state index contributed by atoms with van der Waals surface area (Å²) in [6.07, 6.45) is 1.32. The molecular weight excluding hydrogens is 254 g/mol. The summed E-state index contributed by atoms with van der Waals surface area (Å²) < 4.78 is 0. The summed E-state index contributed by atoms with van der Waals surface area (Å²) in [5, 5.41) is 22.0. The molecule has 0 amide bonds. The topological polar surface area (TPSA) is 69.6 Å². The van der Waals surface area contributed by atoms with E-state index >= 15 is 0 Å². The minimum Gasteiger partial charge on any atom is -0.481 e. The fourth-order valence-electron chi connectivity index (χ4n) is 2.50. The summed E-state index contributed by atoms with van der Waals surface area (Å²) in [5.41, 5.74) is 3.39. The molecule has 0 heterocycles. The first-order valence-corrected chi connectivity index (χ1v) is 7.30. The highest BCUT2D eigenvalue weighted by Gasteiger charge is 2.27. The van der Waals surface area contributed by atoms with Crippen molar-refractivity contribution in [2.75, 3.05) is 6.54 Å². The van der Waals surface area contributed by atoms with Crippen LogP contribution in [0.3, 0.4) is 0 Å². The molecule has 0 aromatic heterocycles. The van der Waals surface area contributed by atoms with Crippen molar-refractivity contribution >= 4 is 5.97 Å². The summed E-state index contributed by atoms with van der Waals surface area (Å²) in [6, 6.07) is 6.05. The molecule has 0 radical (unpaired) electrons. The molecule has 0 saturated heterocycles. The minimum atomic E-state index is -0.816. The Kier molecular flexibility index (Phi) is 6.68. The van der Waals surface area contributed by atoms with Crippen LogP contribution in [0.2, 0.25) is 0 Å². The highest BCUT2D eigenvalue weighted by molar-refractivity contribution is 5.66. The van der Waals surface area contributed by atoms with Gasteiger partial charge in [0.05, 0.1) is 12.5 Å². The van der Waals surface area contributed by atoms with Crippen molar-refractivity contribution in [1.82, 2.24) is 5.32 Å². The normalized spacial score (nSPS) is 20.6. The molecule has 1 aromatic carbocycles. The van der Waals surface area contributed by atoms with E-state index in [4.69, 9.17) is 5.11 Å². The Balaban J connectivity index is 0.000000956. The van der Waals surface area contributed by atoms with Crippen LogP contribution < -0.4 is 5.32 Å². The molecule has 4 heteroatoms. The molecule has 0 bridgehead atoms. The van der Waals surface area contributed by atoms with Gasteiger partial charge in [-0.1, -0.05) is 37.6 Å². The number of benzene rings is 1. The van der Waals surface area contributed by atoms with Gasteiger partial charge in [-0.2, -0.15) is 0 Å². The van der Waals surface area contributed by atoms with Crippen molar-refractivity contribution in [3.05, 3.63) is 34.9 Å². The SMILES string of the molecule is CC.Cc1ccc2c(c1)CCC(NCCC(=O)O)C2O. The van der Waals surface area contributed by atoms with Crippen LogP contribution in [0.15, 0.2) is 18.2 Å². The fourth-order valence-corrected chi connectivity index (χ4v) is 2.50. The molecule has 20 heavy (non-hydrogen) atoms. The third-order valence-corrected chi connectivity index (χ3v) is 3.47. The zero-order chi connectivity index (χ0) is 15.1. The summed E-state index contributed by atoms with van der Waals surface area (Å²) in [5.74, 6) is -0.816. The maximum Gasteiger partial charge on any atom is 0.304 e. The van der Waals surface area contributed by atoms with Gasteiger partial charge in [-0.05, 0) is 30.9 Å². The minimum absolute atomic E-state index is 0.0421. The molecule has 0 fully saturated rings. The lowest BCUT2D eigenvalue weighted by Gasteiger charge is -2.31. The molecule has 3 N–H and O–H groups in total. The number of carbonyl (C=O) groups is 1. The van der Waals surface area contributed by atoms with Crippen LogP contribution in [-0.2, 0) is 11.2 Å². The molecule has 112 valence electrons. The maximum atomic E-state index is 10.5. The van der Waals surface area contributed by atoms with Gasteiger partial charge in [-0.15, -0.1) is 0 Å². The van der Waals surface area contributed by atoms with Crippen LogP contribution >= 0.6 is 0 Å². The lowest BCUT2D eigenvalue weighted by molar-refractivity contribution is -0.136. The van der Waals surface area contributed by atoms with Crippen LogP contribution in [-0.4, -0.2) is 28.8 Å². The van der Waals surface area contributed by atoms with Crippen molar-refractivity contribution in [2.45, 2.75) is 52.2 Å². The maximum absolute atomic E-state index is 10.5. The van der Waals surface area contributed by atoms with Gasteiger partial charge < -0.3 is 15.5 Å². The number of aryl methyl sites for hydroxylation is 2. The molecule has 4 nitrogen and oxygen atoms in total. The van der Waals surface area contributed by atoms with Gasteiger partial charge in [-0.3, -0.25) is 4.79 Å². The van der Waals surface area contributed by atoms with Crippen LogP contribution in [0.25, 0.3) is 0 Å². The molecule has 1 aliphatic rings. The second-order valence-electron chi connectivity index (χ2n) is 4.89. The standard InChI is InChI=1S/C14H19NO3.C2H6/c1-9-2-4-11-10(8-9)3-5-12(14(11)18)15-7-6-13(16)17;1-2/h2,4,8,12,14-15,18H,3,5-7H2,1H3,(H,16,17);1-2H3. The van der Waals surface area contributed by atoms with E-state index in [1.165, 1.54) is 11.1 Å². The third-order valence-electron chi connectivity index (χ3n) is 3.47. The van der Waals surface area contributed by atoms with Crippen molar-refractivity contribution in [2.24, 2.45) is 0 Å². The smallest absolute Gasteiger partial charge is 0.304 e. The first-order valence-electron chi connectivity index (χ1n) is 7.30. The number of aliphatic hydroxyl groups excluding tert-OH is 1. The first-order chi connectivity index (χ1) is 9.58. The van der Waals surface area contributed by atoms with Crippen LogP contribution in [0.5, 0.6) is 0 Å². The second kappa shape index (κ2) is 8.02. The Morgan fingerprint density at radius 2 is 2.10 bits per heavy atom. The van der Waals surface area contributed by atoms with Crippen molar-refractivity contribution in [3.63, 3.8) is 0 Å². The van der Waals surface area contributed by atoms with E-state index in [2.05, 4.69) is 11.4 Å². The van der Waals surface area contributed by atoms with Crippen molar-refractivity contribution in [3.8, 4) is 0 Å². The molecule has 0 saturated carbocycles. The van der Waals surface area contributed by atoms with Crippen LogP contribution in [0, 0.1) is 6.92 Å². The van der Waals surface area contributed by atoms with Crippen LogP contribution in [0.4, 0.5) is 0 Å². The van der Waals surface area contributed by atoms with Gasteiger partial charge in [0.25, 0.3) is 0 Å². The van der Waals surface area contributed by atoms with Crippen molar-refractivity contribution in [1.29, 1.82) is 0 Å². The first kappa shape index (κ1) is 16.7. The Morgan fingerprint density at radius 3 is 2.75 bits per heavy atom. The van der Waals surface area contributed by atoms with E-state index < -0.39 is 12.1 Å². The number of aliphatic hydroxyl groups is 1. The Morgan fingerprint density at radius 1 is 1.40 bits per heavy atom.